The number of hydrogen-bond acceptors (Lipinski definition) is 10. The van der Waals surface area contributed by atoms with Crippen molar-refractivity contribution in [1.82, 2.24) is 4.90 Å². The Kier molecular flexibility index (Phi) is 7.16. The zero-order valence-corrected chi connectivity index (χ0v) is 18.7. The van der Waals surface area contributed by atoms with Crippen molar-refractivity contribution in [3.05, 3.63) is 79.9 Å². The van der Waals surface area contributed by atoms with Crippen molar-refractivity contribution < 1.29 is 28.8 Å². The summed E-state index contributed by atoms with van der Waals surface area (Å²) in [6, 6.07) is 11.6. The average Bonchev–Trinajstić information content (AvgIpc) is 2.84. The zero-order valence-electron chi connectivity index (χ0n) is 18.7. The van der Waals surface area contributed by atoms with E-state index in [9.17, 15) is 20.2 Å². The number of nitrogens with two attached hydrogens (primary N) is 1. The van der Waals surface area contributed by atoms with Gasteiger partial charge in [0.1, 0.15) is 12.2 Å². The van der Waals surface area contributed by atoms with Crippen molar-refractivity contribution in [2.75, 3.05) is 27.3 Å². The molecule has 6 atom stereocenters. The molecule has 12 heteroatoms. The first kappa shape index (κ1) is 24.1. The Morgan fingerprint density at radius 3 is 1.71 bits per heavy atom. The fraction of sp³-hybridized carbons (Fsp3) is 0.455. The van der Waals surface area contributed by atoms with Crippen molar-refractivity contribution in [3.8, 4) is 0 Å². The maximum atomic E-state index is 11.0. The molecule has 34 heavy (non-hydrogen) atoms. The Morgan fingerprint density at radius 2 is 1.24 bits per heavy atom. The summed E-state index contributed by atoms with van der Waals surface area (Å²) in [5.41, 5.74) is 7.60. The van der Waals surface area contributed by atoms with Gasteiger partial charge in [0.2, 0.25) is 12.6 Å². The Bertz CT molecular complexity index is 1020. The second-order valence-electron chi connectivity index (χ2n) is 8.41. The minimum Gasteiger partial charge on any atom is -0.346 e. The predicted octanol–water partition coefficient (Wildman–Crippen LogP) is 2.29. The fourth-order valence-electron chi connectivity index (χ4n) is 4.04. The van der Waals surface area contributed by atoms with Gasteiger partial charge in [0.05, 0.1) is 35.1 Å². The number of nitro benzene ring substituents is 2. The van der Waals surface area contributed by atoms with Gasteiger partial charge in [0, 0.05) is 24.3 Å². The molecule has 2 N–H and O–H groups in total. The van der Waals surface area contributed by atoms with Crippen molar-refractivity contribution in [1.29, 1.82) is 0 Å². The van der Waals surface area contributed by atoms with E-state index in [1.807, 2.05) is 19.0 Å². The number of ether oxygens (including phenoxy) is 4. The van der Waals surface area contributed by atoms with E-state index in [1.54, 1.807) is 24.3 Å². The highest BCUT2D eigenvalue weighted by Gasteiger charge is 2.42. The molecule has 0 aromatic heterocycles. The molecular formula is C22H26N4O8. The highest BCUT2D eigenvalue weighted by molar-refractivity contribution is 5.35. The number of likely N-dealkylation sites (N-methyl/N-ethyl adjacent to an activating group) is 1. The van der Waals surface area contributed by atoms with Crippen LogP contribution in [0.5, 0.6) is 0 Å². The van der Waals surface area contributed by atoms with Crippen molar-refractivity contribution in [2.45, 2.75) is 36.9 Å². The Hall–Kier alpha value is -3.00. The van der Waals surface area contributed by atoms with Crippen LogP contribution >= 0.6 is 0 Å². The van der Waals surface area contributed by atoms with Gasteiger partial charge in [-0.3, -0.25) is 20.2 Å². The first-order chi connectivity index (χ1) is 16.2. The normalized spacial score (nSPS) is 29.6. The van der Waals surface area contributed by atoms with Crippen LogP contribution in [0.15, 0.2) is 48.5 Å². The number of hydrogen-bond donors (Lipinski definition) is 1. The summed E-state index contributed by atoms with van der Waals surface area (Å²) in [7, 11) is 3.79. The van der Waals surface area contributed by atoms with Gasteiger partial charge in [-0.15, -0.1) is 0 Å². The largest absolute Gasteiger partial charge is 0.346 e. The summed E-state index contributed by atoms with van der Waals surface area (Å²) < 4.78 is 24.0. The number of nitrogens with zero attached hydrogens (tertiary/aromatic N) is 3. The topological polar surface area (TPSA) is 152 Å². The summed E-state index contributed by atoms with van der Waals surface area (Å²) in [6.45, 7) is 0.492. The van der Waals surface area contributed by atoms with Crippen LogP contribution in [0.25, 0.3) is 0 Å². The van der Waals surface area contributed by atoms with Crippen LogP contribution in [-0.4, -0.2) is 66.7 Å². The third-order valence-corrected chi connectivity index (χ3v) is 5.93. The van der Waals surface area contributed by atoms with Gasteiger partial charge < -0.3 is 29.6 Å². The van der Waals surface area contributed by atoms with Crippen LogP contribution in [0.3, 0.4) is 0 Å². The molecule has 0 saturated carbocycles. The van der Waals surface area contributed by atoms with Gasteiger partial charge in [0.25, 0.3) is 11.4 Å². The third-order valence-electron chi connectivity index (χ3n) is 5.93. The second-order valence-corrected chi connectivity index (χ2v) is 8.41. The molecule has 0 aliphatic carbocycles. The fourth-order valence-corrected chi connectivity index (χ4v) is 4.04. The van der Waals surface area contributed by atoms with E-state index < -0.39 is 40.7 Å². The molecule has 2 aliphatic heterocycles. The number of nitro groups is 2. The van der Waals surface area contributed by atoms with E-state index in [4.69, 9.17) is 24.7 Å². The maximum absolute atomic E-state index is 11.0. The van der Waals surface area contributed by atoms with Crippen molar-refractivity contribution in [2.24, 2.45) is 5.73 Å². The molecule has 4 rings (SSSR count). The Morgan fingerprint density at radius 1 is 0.794 bits per heavy atom. The molecule has 2 aromatic carbocycles. The van der Waals surface area contributed by atoms with E-state index in [1.165, 1.54) is 24.3 Å². The molecule has 2 saturated heterocycles. The van der Waals surface area contributed by atoms with Crippen molar-refractivity contribution in [3.63, 3.8) is 0 Å². The van der Waals surface area contributed by atoms with E-state index in [0.29, 0.717) is 12.2 Å². The lowest BCUT2D eigenvalue weighted by Gasteiger charge is -2.44. The molecule has 12 nitrogen and oxygen atoms in total. The third kappa shape index (κ3) is 5.06. The quantitative estimate of drug-likeness (QED) is 0.487. The summed E-state index contributed by atoms with van der Waals surface area (Å²) in [5, 5.41) is 22.0. The number of benzene rings is 2. The summed E-state index contributed by atoms with van der Waals surface area (Å²) >= 11 is 0. The van der Waals surface area contributed by atoms with E-state index in [0.717, 1.165) is 5.56 Å². The Balaban J connectivity index is 1.51. The summed E-state index contributed by atoms with van der Waals surface area (Å²) in [5.74, 6) is 0. The van der Waals surface area contributed by atoms with E-state index >= 15 is 0 Å². The summed E-state index contributed by atoms with van der Waals surface area (Å²) in [6.07, 6.45) is -2.78. The highest BCUT2D eigenvalue weighted by Crippen LogP contribution is 2.36. The number of rotatable bonds is 6. The molecule has 0 spiro atoms. The molecule has 0 amide bonds. The van der Waals surface area contributed by atoms with Crippen LogP contribution in [-0.2, 0) is 18.9 Å². The predicted molar refractivity (Wildman–Crippen MR) is 119 cm³/mol. The molecule has 0 unspecified atom stereocenters. The highest BCUT2D eigenvalue weighted by atomic mass is 16.8. The molecule has 0 radical (unpaired) electrons. The molecule has 2 heterocycles. The Labute approximate surface area is 195 Å². The molecular weight excluding hydrogens is 448 g/mol. The smallest absolute Gasteiger partial charge is 0.269 e. The van der Waals surface area contributed by atoms with Crippen LogP contribution in [0, 0.1) is 20.2 Å². The molecule has 2 aromatic rings. The second kappa shape index (κ2) is 10.1. The zero-order chi connectivity index (χ0) is 24.4. The minimum absolute atomic E-state index is 0.00682. The van der Waals surface area contributed by atoms with Crippen LogP contribution in [0.4, 0.5) is 11.4 Å². The lowest BCUT2D eigenvalue weighted by molar-refractivity contribution is -0.385. The van der Waals surface area contributed by atoms with E-state index in [-0.39, 0.29) is 24.0 Å². The molecule has 2 fully saturated rings. The number of non-ortho nitro benzene ring substituents is 2. The summed E-state index contributed by atoms with van der Waals surface area (Å²) in [4.78, 5) is 23.0. The SMILES string of the molecule is CN(C)[C@H]1CO[C@@H]([C@@H]2OC[C@H](N)[C@H](c3ccc([N+](=O)[O-])cc3)O2)O[C@H]1c1ccc([N+](=O)[O-])cc1. The van der Waals surface area contributed by atoms with Gasteiger partial charge in [-0.05, 0) is 49.5 Å². The van der Waals surface area contributed by atoms with Crippen LogP contribution in [0.2, 0.25) is 0 Å². The van der Waals surface area contributed by atoms with Crippen molar-refractivity contribution >= 4 is 11.4 Å². The lowest BCUT2D eigenvalue weighted by atomic mass is 10.00. The molecule has 182 valence electrons. The van der Waals surface area contributed by atoms with Gasteiger partial charge >= 0.3 is 0 Å². The monoisotopic (exact) mass is 474 g/mol. The minimum atomic E-state index is -0.886. The van der Waals surface area contributed by atoms with Gasteiger partial charge in [-0.2, -0.15) is 0 Å². The lowest BCUT2D eigenvalue weighted by Crippen LogP contribution is -2.54. The van der Waals surface area contributed by atoms with E-state index in [2.05, 4.69) is 0 Å². The van der Waals surface area contributed by atoms with Crippen LogP contribution < -0.4 is 5.73 Å². The first-order valence-electron chi connectivity index (χ1n) is 10.7. The maximum Gasteiger partial charge on any atom is 0.269 e. The molecule has 0 bridgehead atoms. The molecule has 2 aliphatic rings. The standard InChI is InChI=1S/C22H26N4O8/c1-24(2)18-12-32-22(34-20(18)14-5-9-16(10-6-14)26(29)30)21-31-11-17(23)19(33-21)13-3-7-15(8-4-13)25(27)28/h3-10,17-22H,11-12,23H2,1-2H3/t17-,18-,19-,20-,21+,22+/m0/s1. The van der Waals surface area contributed by atoms with Gasteiger partial charge in [0.15, 0.2) is 0 Å². The average molecular weight is 474 g/mol. The van der Waals surface area contributed by atoms with Crippen LogP contribution in [0.1, 0.15) is 23.3 Å². The van der Waals surface area contributed by atoms with Gasteiger partial charge in [-0.25, -0.2) is 0 Å². The first-order valence-corrected chi connectivity index (χ1v) is 10.7. The van der Waals surface area contributed by atoms with Gasteiger partial charge in [-0.1, -0.05) is 0 Å².